The van der Waals surface area contributed by atoms with Crippen molar-refractivity contribution in [2.24, 2.45) is 5.92 Å². The summed E-state index contributed by atoms with van der Waals surface area (Å²) in [5.74, 6) is 2.47. The lowest BCUT2D eigenvalue weighted by Crippen LogP contribution is -2.44. The van der Waals surface area contributed by atoms with Crippen LogP contribution >= 0.6 is 0 Å². The molecule has 1 unspecified atom stereocenters. The quantitative estimate of drug-likeness (QED) is 0.869. The standard InChI is InChI=1S/C19H24N4O/c1-15-20-9-5-18(22-15)23-10-6-19(7-11-23)13-16(14-24-19)12-17-4-2-3-8-21-17/h2-5,8-9,16H,6-7,10-14H2,1H3. The van der Waals surface area contributed by atoms with Crippen LogP contribution in [0.3, 0.4) is 0 Å². The summed E-state index contributed by atoms with van der Waals surface area (Å²) in [5, 5.41) is 0. The molecule has 5 nitrogen and oxygen atoms in total. The fraction of sp³-hybridized carbons (Fsp3) is 0.526. The highest BCUT2D eigenvalue weighted by Crippen LogP contribution is 2.40. The smallest absolute Gasteiger partial charge is 0.132 e. The average molecular weight is 324 g/mol. The molecule has 0 aromatic carbocycles. The Kier molecular flexibility index (Phi) is 4.19. The van der Waals surface area contributed by atoms with Crippen LogP contribution in [0, 0.1) is 12.8 Å². The molecule has 2 aliphatic heterocycles. The molecule has 0 saturated carbocycles. The Labute approximate surface area is 143 Å². The lowest BCUT2D eigenvalue weighted by molar-refractivity contribution is -0.0153. The fourth-order valence-electron chi connectivity index (χ4n) is 4.00. The Bertz CT molecular complexity index is 683. The number of ether oxygens (including phenoxy) is 1. The van der Waals surface area contributed by atoms with Gasteiger partial charge in [0.15, 0.2) is 0 Å². The van der Waals surface area contributed by atoms with Crippen molar-refractivity contribution in [1.29, 1.82) is 0 Å². The summed E-state index contributed by atoms with van der Waals surface area (Å²) in [6, 6.07) is 8.16. The molecule has 4 rings (SSSR count). The van der Waals surface area contributed by atoms with Gasteiger partial charge in [-0.15, -0.1) is 0 Å². The summed E-state index contributed by atoms with van der Waals surface area (Å²) < 4.78 is 6.29. The Morgan fingerprint density at radius 3 is 2.79 bits per heavy atom. The van der Waals surface area contributed by atoms with Crippen LogP contribution in [-0.2, 0) is 11.2 Å². The number of hydrogen-bond acceptors (Lipinski definition) is 5. The number of hydrogen-bond donors (Lipinski definition) is 0. The van der Waals surface area contributed by atoms with Gasteiger partial charge in [0.1, 0.15) is 11.6 Å². The zero-order chi connectivity index (χ0) is 16.4. The topological polar surface area (TPSA) is 51.1 Å². The Hall–Kier alpha value is -2.01. The predicted octanol–water partition coefficient (Wildman–Crippen LogP) is 2.80. The van der Waals surface area contributed by atoms with E-state index in [0.29, 0.717) is 5.92 Å². The molecule has 2 fully saturated rings. The molecule has 2 aliphatic rings. The van der Waals surface area contributed by atoms with Crippen molar-refractivity contribution in [3.63, 3.8) is 0 Å². The number of nitrogens with zero attached hydrogens (tertiary/aromatic N) is 4. The van der Waals surface area contributed by atoms with E-state index in [-0.39, 0.29) is 5.60 Å². The SMILES string of the molecule is Cc1nccc(N2CCC3(CC2)CC(Cc2ccccn2)CO3)n1. The van der Waals surface area contributed by atoms with Crippen LogP contribution in [0.5, 0.6) is 0 Å². The van der Waals surface area contributed by atoms with Crippen molar-refractivity contribution in [2.75, 3.05) is 24.6 Å². The number of aromatic nitrogens is 3. The van der Waals surface area contributed by atoms with Gasteiger partial charge in [-0.05, 0) is 56.7 Å². The van der Waals surface area contributed by atoms with E-state index in [2.05, 4.69) is 32.0 Å². The van der Waals surface area contributed by atoms with E-state index in [1.807, 2.05) is 31.5 Å². The van der Waals surface area contributed by atoms with E-state index in [9.17, 15) is 0 Å². The van der Waals surface area contributed by atoms with E-state index < -0.39 is 0 Å². The molecule has 0 radical (unpaired) electrons. The summed E-state index contributed by atoms with van der Waals surface area (Å²) in [4.78, 5) is 15.5. The first-order chi connectivity index (χ1) is 11.7. The predicted molar refractivity (Wildman–Crippen MR) is 92.9 cm³/mol. The van der Waals surface area contributed by atoms with Crippen LogP contribution in [0.15, 0.2) is 36.7 Å². The fourth-order valence-corrected chi connectivity index (χ4v) is 4.00. The number of anilines is 1. The maximum atomic E-state index is 6.29. The van der Waals surface area contributed by atoms with Crippen LogP contribution in [0.4, 0.5) is 5.82 Å². The summed E-state index contributed by atoms with van der Waals surface area (Å²) in [6.45, 7) is 4.82. The summed E-state index contributed by atoms with van der Waals surface area (Å²) in [5.41, 5.74) is 1.25. The summed E-state index contributed by atoms with van der Waals surface area (Å²) in [7, 11) is 0. The highest BCUT2D eigenvalue weighted by molar-refractivity contribution is 5.38. The van der Waals surface area contributed by atoms with E-state index in [1.165, 1.54) is 5.69 Å². The molecule has 5 heteroatoms. The first-order valence-electron chi connectivity index (χ1n) is 8.81. The van der Waals surface area contributed by atoms with Gasteiger partial charge >= 0.3 is 0 Å². The third-order valence-electron chi connectivity index (χ3n) is 5.27. The number of piperidine rings is 1. The van der Waals surface area contributed by atoms with Crippen LogP contribution < -0.4 is 4.90 Å². The minimum Gasteiger partial charge on any atom is -0.375 e. The van der Waals surface area contributed by atoms with Crippen molar-refractivity contribution in [3.05, 3.63) is 48.2 Å². The first-order valence-corrected chi connectivity index (χ1v) is 8.81. The van der Waals surface area contributed by atoms with Gasteiger partial charge in [0.05, 0.1) is 12.2 Å². The van der Waals surface area contributed by atoms with Crippen LogP contribution in [-0.4, -0.2) is 40.2 Å². The maximum absolute atomic E-state index is 6.29. The van der Waals surface area contributed by atoms with Crippen LogP contribution in [0.25, 0.3) is 0 Å². The van der Waals surface area contributed by atoms with E-state index >= 15 is 0 Å². The molecule has 0 bridgehead atoms. The van der Waals surface area contributed by atoms with Gasteiger partial charge in [0.2, 0.25) is 0 Å². The van der Waals surface area contributed by atoms with E-state index in [0.717, 1.165) is 57.0 Å². The van der Waals surface area contributed by atoms with Crippen LogP contribution in [0.1, 0.15) is 30.8 Å². The molecule has 126 valence electrons. The third kappa shape index (κ3) is 3.26. The molecular weight excluding hydrogens is 300 g/mol. The van der Waals surface area contributed by atoms with Gasteiger partial charge in [-0.3, -0.25) is 4.98 Å². The summed E-state index contributed by atoms with van der Waals surface area (Å²) >= 11 is 0. The van der Waals surface area contributed by atoms with Gasteiger partial charge < -0.3 is 9.64 Å². The average Bonchev–Trinajstić information content (AvgIpc) is 2.99. The molecular formula is C19H24N4O. The highest BCUT2D eigenvalue weighted by atomic mass is 16.5. The molecule has 2 aromatic rings. The van der Waals surface area contributed by atoms with Crippen molar-refractivity contribution in [2.45, 2.75) is 38.2 Å². The van der Waals surface area contributed by atoms with Gasteiger partial charge in [0.25, 0.3) is 0 Å². The van der Waals surface area contributed by atoms with Gasteiger partial charge in [-0.2, -0.15) is 0 Å². The molecule has 0 aliphatic carbocycles. The lowest BCUT2D eigenvalue weighted by Gasteiger charge is -2.39. The van der Waals surface area contributed by atoms with E-state index in [4.69, 9.17) is 4.74 Å². The highest BCUT2D eigenvalue weighted by Gasteiger charge is 2.42. The zero-order valence-electron chi connectivity index (χ0n) is 14.2. The minimum atomic E-state index is 0.0675. The van der Waals surface area contributed by atoms with Crippen molar-refractivity contribution >= 4 is 5.82 Å². The second kappa shape index (κ2) is 6.48. The van der Waals surface area contributed by atoms with Crippen LogP contribution in [0.2, 0.25) is 0 Å². The molecule has 1 atom stereocenters. The van der Waals surface area contributed by atoms with Gasteiger partial charge in [-0.1, -0.05) is 6.07 Å². The number of rotatable bonds is 3. The van der Waals surface area contributed by atoms with Crippen molar-refractivity contribution in [3.8, 4) is 0 Å². The minimum absolute atomic E-state index is 0.0675. The van der Waals surface area contributed by atoms with Gasteiger partial charge in [0, 0.05) is 31.2 Å². The van der Waals surface area contributed by atoms with Gasteiger partial charge in [-0.25, -0.2) is 9.97 Å². The maximum Gasteiger partial charge on any atom is 0.132 e. The van der Waals surface area contributed by atoms with Crippen molar-refractivity contribution < 1.29 is 4.74 Å². The Balaban J connectivity index is 1.35. The molecule has 1 spiro atoms. The molecule has 0 amide bonds. The Morgan fingerprint density at radius 1 is 1.17 bits per heavy atom. The third-order valence-corrected chi connectivity index (χ3v) is 5.27. The molecule has 2 aromatic heterocycles. The summed E-state index contributed by atoms with van der Waals surface area (Å²) in [6.07, 6.45) is 8.06. The second-order valence-corrected chi connectivity index (χ2v) is 7.04. The lowest BCUT2D eigenvalue weighted by atomic mass is 9.84. The zero-order valence-corrected chi connectivity index (χ0v) is 14.2. The first kappa shape index (κ1) is 15.5. The molecule has 4 heterocycles. The Morgan fingerprint density at radius 2 is 2.04 bits per heavy atom. The largest absolute Gasteiger partial charge is 0.375 e. The van der Waals surface area contributed by atoms with E-state index in [1.54, 1.807) is 0 Å². The molecule has 0 N–H and O–H groups in total. The number of aryl methyl sites for hydroxylation is 1. The normalized spacial score (nSPS) is 22.9. The molecule has 2 saturated heterocycles. The second-order valence-electron chi connectivity index (χ2n) is 7.04. The number of pyridine rings is 1. The molecule has 24 heavy (non-hydrogen) atoms. The van der Waals surface area contributed by atoms with Crippen molar-refractivity contribution in [1.82, 2.24) is 15.0 Å². The monoisotopic (exact) mass is 324 g/mol.